The minimum absolute atomic E-state index is 0.206. The van der Waals surface area contributed by atoms with Gasteiger partial charge in [-0.15, -0.1) is 0 Å². The van der Waals surface area contributed by atoms with Gasteiger partial charge in [0.1, 0.15) is 6.07 Å². The van der Waals surface area contributed by atoms with Crippen LogP contribution in [-0.4, -0.2) is 20.5 Å². The van der Waals surface area contributed by atoms with Gasteiger partial charge < -0.3 is 5.11 Å². The van der Waals surface area contributed by atoms with Gasteiger partial charge in [-0.05, 0) is 98.7 Å². The number of hydrogen-bond donors (Lipinski definition) is 1. The number of hydrogen-bond acceptors (Lipinski definition) is 3. The first-order valence-corrected chi connectivity index (χ1v) is 13.8. The van der Waals surface area contributed by atoms with Crippen LogP contribution in [0.15, 0.2) is 12.4 Å². The van der Waals surface area contributed by atoms with E-state index in [0.29, 0.717) is 18.0 Å². The average molecular weight is 454 g/mol. The Bertz CT molecular complexity index is 838. The van der Waals surface area contributed by atoms with E-state index in [1.54, 1.807) is 17.1 Å². The molecule has 0 radical (unpaired) electrons. The second-order valence-electron chi connectivity index (χ2n) is 12.7. The largest absolute Gasteiger partial charge is 0.388 e. The Morgan fingerprint density at radius 2 is 2.00 bits per heavy atom. The van der Waals surface area contributed by atoms with Crippen LogP contribution < -0.4 is 0 Å². The maximum Gasteiger partial charge on any atom is 0.102 e. The SMILES string of the molecule is CCCC[C@@H]1C([C@@H]2CC[C@@H](C)[C@@H](C)C2)CC[C@@]2(C)C1CC[C@@H]2[C@](C)(O)Cn1cc(C#N)cn1. The summed E-state index contributed by atoms with van der Waals surface area (Å²) in [7, 11) is 0. The minimum atomic E-state index is -0.806. The molecule has 0 bridgehead atoms. The van der Waals surface area contributed by atoms with Gasteiger partial charge in [0.05, 0.1) is 23.9 Å². The van der Waals surface area contributed by atoms with Gasteiger partial charge in [-0.25, -0.2) is 0 Å². The zero-order valence-corrected chi connectivity index (χ0v) is 21.8. The molecule has 3 aliphatic rings. The van der Waals surface area contributed by atoms with Crippen molar-refractivity contribution in [3.05, 3.63) is 18.0 Å². The minimum Gasteiger partial charge on any atom is -0.388 e. The molecule has 3 fully saturated rings. The van der Waals surface area contributed by atoms with E-state index >= 15 is 0 Å². The predicted octanol–water partition coefficient (Wildman–Crippen LogP) is 6.83. The van der Waals surface area contributed by atoms with Crippen molar-refractivity contribution in [2.75, 3.05) is 0 Å². The number of nitriles is 1. The van der Waals surface area contributed by atoms with Gasteiger partial charge >= 0.3 is 0 Å². The maximum atomic E-state index is 11.8. The summed E-state index contributed by atoms with van der Waals surface area (Å²) in [6.07, 6.45) is 16.7. The van der Waals surface area contributed by atoms with Crippen LogP contribution in [0, 0.1) is 58.2 Å². The normalized spacial score (nSPS) is 40.7. The fourth-order valence-corrected chi connectivity index (χ4v) is 8.70. The van der Waals surface area contributed by atoms with E-state index in [0.717, 1.165) is 41.9 Å². The summed E-state index contributed by atoms with van der Waals surface area (Å²) in [6, 6.07) is 2.16. The molecule has 2 unspecified atom stereocenters. The molecule has 1 aromatic heterocycles. The molecule has 0 aliphatic heterocycles. The molecule has 1 N–H and O–H groups in total. The second-order valence-corrected chi connectivity index (χ2v) is 12.7. The number of nitrogens with zero attached hydrogens (tertiary/aromatic N) is 3. The molecule has 184 valence electrons. The number of aromatic nitrogens is 2. The summed E-state index contributed by atoms with van der Waals surface area (Å²) >= 11 is 0. The third-order valence-corrected chi connectivity index (χ3v) is 10.6. The number of rotatable bonds is 7. The van der Waals surface area contributed by atoms with Crippen LogP contribution in [0.1, 0.15) is 104 Å². The van der Waals surface area contributed by atoms with Crippen molar-refractivity contribution in [3.8, 4) is 6.07 Å². The van der Waals surface area contributed by atoms with Gasteiger partial charge in [0.2, 0.25) is 0 Å². The Morgan fingerprint density at radius 3 is 2.67 bits per heavy atom. The summed E-state index contributed by atoms with van der Waals surface area (Å²) in [5.74, 6) is 5.41. The van der Waals surface area contributed by atoms with Gasteiger partial charge in [-0.3, -0.25) is 4.68 Å². The summed E-state index contributed by atoms with van der Waals surface area (Å²) in [4.78, 5) is 0. The summed E-state index contributed by atoms with van der Waals surface area (Å²) in [6.45, 7) is 12.3. The van der Waals surface area contributed by atoms with Crippen LogP contribution in [-0.2, 0) is 6.54 Å². The lowest BCUT2D eigenvalue weighted by Crippen LogP contribution is -2.51. The van der Waals surface area contributed by atoms with E-state index in [4.69, 9.17) is 5.26 Å². The highest BCUT2D eigenvalue weighted by Crippen LogP contribution is 2.64. The number of unbranched alkanes of at least 4 members (excludes halogenated alkanes) is 1. The van der Waals surface area contributed by atoms with E-state index in [-0.39, 0.29) is 5.41 Å². The van der Waals surface area contributed by atoms with Crippen molar-refractivity contribution in [2.24, 2.45) is 46.8 Å². The Hall–Kier alpha value is -1.34. The van der Waals surface area contributed by atoms with E-state index in [1.165, 1.54) is 57.8 Å². The molecule has 1 heterocycles. The van der Waals surface area contributed by atoms with Crippen LogP contribution >= 0.6 is 0 Å². The first-order chi connectivity index (χ1) is 15.7. The third-order valence-electron chi connectivity index (χ3n) is 10.6. The van der Waals surface area contributed by atoms with Crippen LogP contribution in [0.5, 0.6) is 0 Å². The first-order valence-electron chi connectivity index (χ1n) is 13.8. The lowest BCUT2D eigenvalue weighted by Gasteiger charge is -2.54. The molecule has 4 rings (SSSR count). The lowest BCUT2D eigenvalue weighted by molar-refractivity contribution is -0.103. The summed E-state index contributed by atoms with van der Waals surface area (Å²) in [5, 5.41) is 25.3. The molecule has 3 aliphatic carbocycles. The molecule has 33 heavy (non-hydrogen) atoms. The van der Waals surface area contributed by atoms with Crippen molar-refractivity contribution in [1.29, 1.82) is 5.26 Å². The molecule has 1 aromatic rings. The lowest BCUT2D eigenvalue weighted by atomic mass is 9.52. The predicted molar refractivity (Wildman–Crippen MR) is 133 cm³/mol. The van der Waals surface area contributed by atoms with E-state index in [1.807, 2.05) is 6.92 Å². The standard InChI is InChI=1S/C29H47N3O/c1-6-7-8-25-24(23-10-9-20(2)21(3)15-23)13-14-28(4)26(25)11-12-27(28)29(5,33)19-32-18-22(16-30)17-31-32/h17-18,20-21,23-27,33H,6-15,19H2,1-5H3/t20-,21+,23-,24?,25-,26?,27+,28+,29-/m1/s1. The highest BCUT2D eigenvalue weighted by molar-refractivity contribution is 5.21. The fourth-order valence-electron chi connectivity index (χ4n) is 8.70. The quantitative estimate of drug-likeness (QED) is 0.492. The van der Waals surface area contributed by atoms with Crippen molar-refractivity contribution < 1.29 is 5.11 Å². The monoisotopic (exact) mass is 453 g/mol. The zero-order valence-electron chi connectivity index (χ0n) is 21.8. The second kappa shape index (κ2) is 9.73. The highest BCUT2D eigenvalue weighted by Gasteiger charge is 2.58. The highest BCUT2D eigenvalue weighted by atomic mass is 16.3. The number of aliphatic hydroxyl groups is 1. The molecule has 9 atom stereocenters. The van der Waals surface area contributed by atoms with Crippen molar-refractivity contribution in [1.82, 2.24) is 9.78 Å². The molecule has 0 amide bonds. The summed E-state index contributed by atoms with van der Waals surface area (Å²) < 4.78 is 1.78. The zero-order chi connectivity index (χ0) is 23.8. The molecule has 4 heteroatoms. The molecule has 0 saturated heterocycles. The maximum absolute atomic E-state index is 11.8. The van der Waals surface area contributed by atoms with Crippen LogP contribution in [0.3, 0.4) is 0 Å². The first kappa shape index (κ1) is 24.8. The van der Waals surface area contributed by atoms with Crippen molar-refractivity contribution in [3.63, 3.8) is 0 Å². The molecule has 0 spiro atoms. The molecule has 4 nitrogen and oxygen atoms in total. The molecular formula is C29H47N3O. The number of fused-ring (bicyclic) bond motifs is 1. The Morgan fingerprint density at radius 1 is 1.21 bits per heavy atom. The van der Waals surface area contributed by atoms with Crippen molar-refractivity contribution in [2.45, 2.75) is 111 Å². The average Bonchev–Trinajstić information content (AvgIpc) is 3.37. The van der Waals surface area contributed by atoms with E-state index in [2.05, 4.69) is 38.9 Å². The fraction of sp³-hybridized carbons (Fsp3) is 0.862. The topological polar surface area (TPSA) is 61.8 Å². The van der Waals surface area contributed by atoms with Gasteiger partial charge in [-0.2, -0.15) is 10.4 Å². The third kappa shape index (κ3) is 4.77. The Balaban J connectivity index is 1.54. The smallest absolute Gasteiger partial charge is 0.102 e. The van der Waals surface area contributed by atoms with E-state index < -0.39 is 5.60 Å². The van der Waals surface area contributed by atoms with E-state index in [9.17, 15) is 5.11 Å². The molecule has 3 saturated carbocycles. The van der Waals surface area contributed by atoms with Crippen LogP contribution in [0.25, 0.3) is 0 Å². The Labute approximate surface area is 202 Å². The van der Waals surface area contributed by atoms with Gasteiger partial charge in [0.25, 0.3) is 0 Å². The molecular weight excluding hydrogens is 406 g/mol. The summed E-state index contributed by atoms with van der Waals surface area (Å²) in [5.41, 5.74) is -0.0337. The van der Waals surface area contributed by atoms with Crippen molar-refractivity contribution >= 4 is 0 Å². The van der Waals surface area contributed by atoms with Crippen LogP contribution in [0.2, 0.25) is 0 Å². The van der Waals surface area contributed by atoms with Gasteiger partial charge in [-0.1, -0.05) is 47.0 Å². The van der Waals surface area contributed by atoms with Gasteiger partial charge in [0.15, 0.2) is 0 Å². The van der Waals surface area contributed by atoms with Crippen LogP contribution in [0.4, 0.5) is 0 Å². The van der Waals surface area contributed by atoms with Gasteiger partial charge in [0, 0.05) is 6.20 Å². The molecule has 0 aromatic carbocycles. The Kier molecular flexibility index (Phi) is 7.30.